The first-order valence-electron chi connectivity index (χ1n) is 4.89. The van der Waals surface area contributed by atoms with E-state index in [1.54, 1.807) is 38.1 Å². The van der Waals surface area contributed by atoms with Crippen molar-refractivity contribution in [3.05, 3.63) is 29.8 Å². The Morgan fingerprint density at radius 3 is 2.38 bits per heavy atom. The summed E-state index contributed by atoms with van der Waals surface area (Å²) in [6.45, 7) is 3.61. The minimum atomic E-state index is -3.52. The van der Waals surface area contributed by atoms with Gasteiger partial charge in [0.15, 0.2) is 0 Å². The van der Waals surface area contributed by atoms with E-state index >= 15 is 0 Å². The molecule has 1 N–H and O–H groups in total. The average molecular weight is 263 g/mol. The lowest BCUT2D eigenvalue weighted by atomic mass is 9.87. The summed E-state index contributed by atoms with van der Waals surface area (Å²) >= 11 is 0. The number of aromatic hydroxyl groups is 1. The minimum absolute atomic E-state index is 0.115. The zero-order valence-corrected chi connectivity index (χ0v) is 10.8. The Hall–Kier alpha value is -0.740. The first kappa shape index (κ1) is 13.3. The van der Waals surface area contributed by atoms with E-state index in [2.05, 4.69) is 0 Å². The van der Waals surface area contributed by atoms with Gasteiger partial charge in [-0.3, -0.25) is 0 Å². The van der Waals surface area contributed by atoms with Crippen LogP contribution >= 0.6 is 10.7 Å². The summed E-state index contributed by atoms with van der Waals surface area (Å²) in [5, 5.41) is 9.59. The van der Waals surface area contributed by atoms with Crippen LogP contribution in [0.15, 0.2) is 24.3 Å². The summed E-state index contributed by atoms with van der Waals surface area (Å²) in [5.41, 5.74) is 0.229. The highest BCUT2D eigenvalue weighted by molar-refractivity contribution is 8.13. The third-order valence-corrected chi connectivity index (χ3v) is 3.68. The van der Waals surface area contributed by atoms with Gasteiger partial charge in [-0.2, -0.15) is 0 Å². The van der Waals surface area contributed by atoms with Crippen molar-refractivity contribution >= 4 is 19.7 Å². The molecular formula is C11H15ClO3S. The van der Waals surface area contributed by atoms with Gasteiger partial charge in [0.25, 0.3) is 0 Å². The molecule has 1 aromatic carbocycles. The molecule has 3 nitrogen and oxygen atoms in total. The van der Waals surface area contributed by atoms with Gasteiger partial charge in [-0.05, 0) is 23.5 Å². The van der Waals surface area contributed by atoms with E-state index in [9.17, 15) is 13.5 Å². The quantitative estimate of drug-likeness (QED) is 0.849. The first-order chi connectivity index (χ1) is 7.20. The molecule has 0 saturated heterocycles. The molecule has 0 heterocycles. The molecule has 0 saturated carbocycles. The fourth-order valence-corrected chi connectivity index (χ4v) is 3.62. The van der Waals surface area contributed by atoms with Gasteiger partial charge in [-0.25, -0.2) is 8.42 Å². The maximum atomic E-state index is 11.0. The van der Waals surface area contributed by atoms with Crippen molar-refractivity contribution in [3.8, 4) is 5.75 Å². The smallest absolute Gasteiger partial charge is 0.233 e. The highest BCUT2D eigenvalue weighted by Gasteiger charge is 2.26. The maximum Gasteiger partial charge on any atom is 0.233 e. The fraction of sp³-hybridized carbons (Fsp3) is 0.455. The second kappa shape index (κ2) is 4.63. The second-order valence-corrected chi connectivity index (χ2v) is 7.43. The Labute approximate surface area is 100 Å². The number of hydrogen-bond donors (Lipinski definition) is 1. The highest BCUT2D eigenvalue weighted by atomic mass is 35.7. The van der Waals surface area contributed by atoms with Gasteiger partial charge < -0.3 is 5.11 Å². The van der Waals surface area contributed by atoms with Crippen LogP contribution in [0.3, 0.4) is 0 Å². The van der Waals surface area contributed by atoms with Crippen molar-refractivity contribution in [2.45, 2.75) is 20.3 Å². The molecule has 16 heavy (non-hydrogen) atoms. The Bertz CT molecular complexity index is 466. The van der Waals surface area contributed by atoms with Crippen LogP contribution < -0.4 is 0 Å². The van der Waals surface area contributed by atoms with E-state index in [1.807, 2.05) is 0 Å². The number of benzene rings is 1. The predicted octanol–water partition coefficient (Wildman–Crippen LogP) is 2.53. The van der Waals surface area contributed by atoms with Crippen LogP contribution in [-0.2, 0) is 15.5 Å². The predicted molar refractivity (Wildman–Crippen MR) is 65.2 cm³/mol. The lowest BCUT2D eigenvalue weighted by molar-refractivity contribution is 0.396. The van der Waals surface area contributed by atoms with Gasteiger partial charge in [0, 0.05) is 10.7 Å². The molecule has 0 aliphatic heterocycles. The van der Waals surface area contributed by atoms with Crippen LogP contribution in [0.25, 0.3) is 0 Å². The molecule has 0 bridgehead atoms. The summed E-state index contributed by atoms with van der Waals surface area (Å²) in [7, 11) is 1.71. The van der Waals surface area contributed by atoms with Crippen LogP contribution in [0.4, 0.5) is 0 Å². The zero-order valence-electron chi connectivity index (χ0n) is 9.27. The third kappa shape index (κ3) is 4.41. The first-order valence-corrected chi connectivity index (χ1v) is 7.37. The normalized spacial score (nSPS) is 12.7. The third-order valence-electron chi connectivity index (χ3n) is 2.22. The van der Waals surface area contributed by atoms with Crippen molar-refractivity contribution in [3.63, 3.8) is 0 Å². The molecule has 1 aromatic rings. The lowest BCUT2D eigenvalue weighted by Gasteiger charge is -2.23. The molecule has 5 heteroatoms. The molecule has 0 spiro atoms. The maximum absolute atomic E-state index is 11.0. The molecule has 0 aliphatic carbocycles. The molecule has 90 valence electrons. The molecule has 0 unspecified atom stereocenters. The van der Waals surface area contributed by atoms with Crippen molar-refractivity contribution in [2.24, 2.45) is 5.41 Å². The van der Waals surface area contributed by atoms with Crippen molar-refractivity contribution in [1.82, 2.24) is 0 Å². The van der Waals surface area contributed by atoms with Crippen molar-refractivity contribution in [2.75, 3.05) is 5.75 Å². The molecule has 0 atom stereocenters. The number of halogens is 1. The van der Waals surface area contributed by atoms with Crippen LogP contribution in [0.1, 0.15) is 19.4 Å². The molecule has 0 radical (unpaired) electrons. The fourth-order valence-electron chi connectivity index (χ4n) is 1.69. The zero-order chi connectivity index (χ0) is 12.4. The van der Waals surface area contributed by atoms with E-state index in [4.69, 9.17) is 10.7 Å². The summed E-state index contributed by atoms with van der Waals surface area (Å²) < 4.78 is 22.0. The van der Waals surface area contributed by atoms with E-state index in [1.165, 1.54) is 0 Å². The monoisotopic (exact) mass is 262 g/mol. The van der Waals surface area contributed by atoms with Crippen LogP contribution in [0.5, 0.6) is 5.75 Å². The van der Waals surface area contributed by atoms with Crippen LogP contribution in [0, 0.1) is 5.41 Å². The van der Waals surface area contributed by atoms with Crippen molar-refractivity contribution in [1.29, 1.82) is 0 Å². The SMILES string of the molecule is CC(C)(Cc1ccccc1O)CS(=O)(=O)Cl. The standard InChI is InChI=1S/C11H15ClO3S/c1-11(2,8-16(12,14)15)7-9-5-3-4-6-10(9)13/h3-6,13H,7-8H2,1-2H3. The van der Waals surface area contributed by atoms with Gasteiger partial charge in [0.2, 0.25) is 9.05 Å². The Morgan fingerprint density at radius 1 is 1.31 bits per heavy atom. The number of hydrogen-bond acceptors (Lipinski definition) is 3. The number of phenolic OH excluding ortho intramolecular Hbond substituents is 1. The van der Waals surface area contributed by atoms with Crippen LogP contribution in [0.2, 0.25) is 0 Å². The number of para-hydroxylation sites is 1. The molecule has 0 amide bonds. The van der Waals surface area contributed by atoms with Gasteiger partial charge in [0.05, 0.1) is 5.75 Å². The number of rotatable bonds is 4. The Balaban J connectivity index is 2.85. The molecule has 0 aromatic heterocycles. The minimum Gasteiger partial charge on any atom is -0.508 e. The highest BCUT2D eigenvalue weighted by Crippen LogP contribution is 2.29. The summed E-state index contributed by atoms with van der Waals surface area (Å²) in [4.78, 5) is 0. The molecule has 0 fully saturated rings. The molecule has 1 rings (SSSR count). The van der Waals surface area contributed by atoms with E-state index in [0.29, 0.717) is 6.42 Å². The largest absolute Gasteiger partial charge is 0.508 e. The molecule has 0 aliphatic rings. The second-order valence-electron chi connectivity index (χ2n) is 4.65. The Kier molecular flexibility index (Phi) is 3.86. The Morgan fingerprint density at radius 2 is 1.88 bits per heavy atom. The summed E-state index contributed by atoms with van der Waals surface area (Å²) in [6, 6.07) is 6.89. The summed E-state index contributed by atoms with van der Waals surface area (Å²) in [6.07, 6.45) is 0.464. The van der Waals surface area contributed by atoms with Gasteiger partial charge in [0.1, 0.15) is 5.75 Å². The van der Waals surface area contributed by atoms with Crippen LogP contribution in [-0.4, -0.2) is 19.3 Å². The topological polar surface area (TPSA) is 54.4 Å². The van der Waals surface area contributed by atoms with E-state index in [-0.39, 0.29) is 11.5 Å². The van der Waals surface area contributed by atoms with E-state index < -0.39 is 14.5 Å². The average Bonchev–Trinajstić information content (AvgIpc) is 2.04. The number of phenols is 1. The molecular weight excluding hydrogens is 248 g/mol. The van der Waals surface area contributed by atoms with Gasteiger partial charge >= 0.3 is 0 Å². The van der Waals surface area contributed by atoms with E-state index in [0.717, 1.165) is 5.56 Å². The van der Waals surface area contributed by atoms with Gasteiger partial charge in [-0.1, -0.05) is 32.0 Å². The summed E-state index contributed by atoms with van der Waals surface area (Å²) in [5.74, 6) is 0.0677. The van der Waals surface area contributed by atoms with Crippen molar-refractivity contribution < 1.29 is 13.5 Å². The lowest BCUT2D eigenvalue weighted by Crippen LogP contribution is -2.23. The van der Waals surface area contributed by atoms with Gasteiger partial charge in [-0.15, -0.1) is 0 Å².